The number of halogens is 1. The Labute approximate surface area is 106 Å². The molecule has 2 atom stereocenters. The minimum Gasteiger partial charge on any atom is -0.507 e. The topological polar surface area (TPSA) is 49.3 Å². The largest absolute Gasteiger partial charge is 0.507 e. The van der Waals surface area contributed by atoms with Crippen LogP contribution in [0.2, 0.25) is 0 Å². The van der Waals surface area contributed by atoms with Crippen LogP contribution in [0.4, 0.5) is 0 Å². The minimum absolute atomic E-state index is 0.0128. The molecule has 0 radical (unpaired) electrons. The summed E-state index contributed by atoms with van der Waals surface area (Å²) >= 11 is 6.14. The number of phenols is 1. The van der Waals surface area contributed by atoms with E-state index in [1.807, 2.05) is 0 Å². The Morgan fingerprint density at radius 2 is 2.18 bits per heavy atom. The van der Waals surface area contributed by atoms with Gasteiger partial charge in [0.2, 0.25) is 0 Å². The van der Waals surface area contributed by atoms with Gasteiger partial charge in [0.15, 0.2) is 0 Å². The van der Waals surface area contributed by atoms with Crippen LogP contribution in [-0.4, -0.2) is 22.9 Å². The van der Waals surface area contributed by atoms with Gasteiger partial charge in [-0.15, -0.1) is 11.6 Å². The first-order chi connectivity index (χ1) is 8.18. The SMILES string of the molecule is O=C(NCC1CCCC1Cl)c1ccccc1O. The molecule has 1 saturated carbocycles. The summed E-state index contributed by atoms with van der Waals surface area (Å²) in [5, 5.41) is 12.5. The number of rotatable bonds is 3. The lowest BCUT2D eigenvalue weighted by Crippen LogP contribution is -2.31. The highest BCUT2D eigenvalue weighted by atomic mass is 35.5. The molecule has 0 heterocycles. The maximum Gasteiger partial charge on any atom is 0.255 e. The maximum absolute atomic E-state index is 11.8. The zero-order valence-electron chi connectivity index (χ0n) is 9.53. The fraction of sp³-hybridized carbons (Fsp3) is 0.462. The first kappa shape index (κ1) is 12.2. The van der Waals surface area contributed by atoms with E-state index < -0.39 is 0 Å². The standard InChI is InChI=1S/C13H16ClNO2/c14-11-6-3-4-9(11)8-15-13(17)10-5-1-2-7-12(10)16/h1-2,5,7,9,11,16H,3-4,6,8H2,(H,15,17). The van der Waals surface area contributed by atoms with Crippen molar-refractivity contribution < 1.29 is 9.90 Å². The van der Waals surface area contributed by atoms with Gasteiger partial charge in [-0.2, -0.15) is 0 Å². The number of para-hydroxylation sites is 1. The van der Waals surface area contributed by atoms with E-state index in [1.165, 1.54) is 6.07 Å². The molecule has 0 aromatic heterocycles. The van der Waals surface area contributed by atoms with Crippen molar-refractivity contribution in [1.29, 1.82) is 0 Å². The molecular weight excluding hydrogens is 238 g/mol. The van der Waals surface area contributed by atoms with Crippen molar-refractivity contribution in [3.8, 4) is 5.75 Å². The van der Waals surface area contributed by atoms with Crippen molar-refractivity contribution in [2.45, 2.75) is 24.6 Å². The number of hydrogen-bond donors (Lipinski definition) is 2. The van der Waals surface area contributed by atoms with E-state index >= 15 is 0 Å². The molecule has 2 unspecified atom stereocenters. The van der Waals surface area contributed by atoms with Crippen molar-refractivity contribution in [3.63, 3.8) is 0 Å². The Balaban J connectivity index is 1.91. The number of hydrogen-bond acceptors (Lipinski definition) is 2. The van der Waals surface area contributed by atoms with E-state index in [9.17, 15) is 9.90 Å². The van der Waals surface area contributed by atoms with Crippen LogP contribution in [0.15, 0.2) is 24.3 Å². The molecule has 17 heavy (non-hydrogen) atoms. The second-order valence-corrected chi connectivity index (χ2v) is 4.99. The van der Waals surface area contributed by atoms with E-state index in [4.69, 9.17) is 11.6 Å². The van der Waals surface area contributed by atoms with Gasteiger partial charge in [-0.05, 0) is 30.9 Å². The molecule has 1 aliphatic carbocycles. The highest BCUT2D eigenvalue weighted by Crippen LogP contribution is 2.29. The van der Waals surface area contributed by atoms with Gasteiger partial charge >= 0.3 is 0 Å². The molecule has 92 valence electrons. The highest BCUT2D eigenvalue weighted by Gasteiger charge is 2.25. The first-order valence-electron chi connectivity index (χ1n) is 5.88. The first-order valence-corrected chi connectivity index (χ1v) is 6.32. The van der Waals surface area contributed by atoms with Crippen molar-refractivity contribution >= 4 is 17.5 Å². The monoisotopic (exact) mass is 253 g/mol. The average Bonchev–Trinajstić information content (AvgIpc) is 2.72. The summed E-state index contributed by atoms with van der Waals surface area (Å²) in [4.78, 5) is 11.8. The number of amides is 1. The molecule has 0 spiro atoms. The fourth-order valence-corrected chi connectivity index (χ4v) is 2.58. The zero-order chi connectivity index (χ0) is 12.3. The Bertz CT molecular complexity index is 408. The molecule has 0 saturated heterocycles. The van der Waals surface area contributed by atoms with Gasteiger partial charge in [-0.1, -0.05) is 18.6 Å². The summed E-state index contributed by atoms with van der Waals surface area (Å²) in [7, 11) is 0. The van der Waals surface area contributed by atoms with Gasteiger partial charge in [-0.25, -0.2) is 0 Å². The Morgan fingerprint density at radius 3 is 2.82 bits per heavy atom. The van der Waals surface area contributed by atoms with Crippen LogP contribution in [0.1, 0.15) is 29.6 Å². The normalized spacial score (nSPS) is 23.6. The molecule has 0 aliphatic heterocycles. The molecule has 4 heteroatoms. The lowest BCUT2D eigenvalue weighted by molar-refractivity contribution is 0.0945. The molecule has 3 nitrogen and oxygen atoms in total. The molecule has 2 N–H and O–H groups in total. The molecule has 1 aromatic carbocycles. The molecule has 1 amide bonds. The summed E-state index contributed by atoms with van der Waals surface area (Å²) in [5.41, 5.74) is 0.316. The maximum atomic E-state index is 11.8. The van der Waals surface area contributed by atoms with E-state index in [0.717, 1.165) is 19.3 Å². The highest BCUT2D eigenvalue weighted by molar-refractivity contribution is 6.21. The van der Waals surface area contributed by atoms with E-state index in [-0.39, 0.29) is 17.0 Å². The van der Waals surface area contributed by atoms with Crippen LogP contribution in [-0.2, 0) is 0 Å². The third kappa shape index (κ3) is 2.91. The summed E-state index contributed by atoms with van der Waals surface area (Å²) in [6.07, 6.45) is 3.22. The second kappa shape index (κ2) is 5.41. The summed E-state index contributed by atoms with van der Waals surface area (Å²) in [6.45, 7) is 0.585. The van der Waals surface area contributed by atoms with Gasteiger partial charge in [-0.3, -0.25) is 4.79 Å². The number of aromatic hydroxyl groups is 1. The molecule has 1 aromatic rings. The molecule has 2 rings (SSSR count). The van der Waals surface area contributed by atoms with Crippen LogP contribution in [0, 0.1) is 5.92 Å². The van der Waals surface area contributed by atoms with Crippen LogP contribution >= 0.6 is 11.6 Å². The van der Waals surface area contributed by atoms with Crippen molar-refractivity contribution in [3.05, 3.63) is 29.8 Å². The van der Waals surface area contributed by atoms with Crippen molar-refractivity contribution in [1.82, 2.24) is 5.32 Å². The summed E-state index contributed by atoms with van der Waals surface area (Å²) < 4.78 is 0. The summed E-state index contributed by atoms with van der Waals surface area (Å²) in [5.74, 6) is 0.129. The number of carbonyl (C=O) groups excluding carboxylic acids is 1. The van der Waals surface area contributed by atoms with Crippen molar-refractivity contribution in [2.75, 3.05) is 6.54 Å². The number of nitrogens with one attached hydrogen (secondary N) is 1. The van der Waals surface area contributed by atoms with E-state index in [2.05, 4.69) is 5.32 Å². The Morgan fingerprint density at radius 1 is 1.41 bits per heavy atom. The quantitative estimate of drug-likeness (QED) is 0.814. The van der Waals surface area contributed by atoms with Crippen LogP contribution < -0.4 is 5.32 Å². The molecule has 1 fully saturated rings. The summed E-state index contributed by atoms with van der Waals surface area (Å²) in [6, 6.07) is 6.54. The lowest BCUT2D eigenvalue weighted by atomic mass is 10.1. The van der Waals surface area contributed by atoms with Crippen molar-refractivity contribution in [2.24, 2.45) is 5.92 Å². The predicted octanol–water partition coefficient (Wildman–Crippen LogP) is 2.53. The van der Waals surface area contributed by atoms with Gasteiger partial charge in [0, 0.05) is 11.9 Å². The third-order valence-corrected chi connectivity index (χ3v) is 3.81. The Hall–Kier alpha value is -1.22. The van der Waals surface area contributed by atoms with Gasteiger partial charge in [0.05, 0.1) is 5.56 Å². The van der Waals surface area contributed by atoms with Gasteiger partial charge in [0.25, 0.3) is 5.91 Å². The zero-order valence-corrected chi connectivity index (χ0v) is 10.3. The van der Waals surface area contributed by atoms with Crippen LogP contribution in [0.3, 0.4) is 0 Å². The molecule has 1 aliphatic rings. The Kier molecular flexibility index (Phi) is 3.89. The molecular formula is C13H16ClNO2. The smallest absolute Gasteiger partial charge is 0.255 e. The average molecular weight is 254 g/mol. The number of benzene rings is 1. The third-order valence-electron chi connectivity index (χ3n) is 3.24. The van der Waals surface area contributed by atoms with E-state index in [0.29, 0.717) is 18.0 Å². The van der Waals surface area contributed by atoms with E-state index in [1.54, 1.807) is 18.2 Å². The number of phenolic OH excluding ortho intramolecular Hbond substituents is 1. The lowest BCUT2D eigenvalue weighted by Gasteiger charge is -2.14. The number of carbonyl (C=O) groups is 1. The minimum atomic E-state index is -0.237. The predicted molar refractivity (Wildman–Crippen MR) is 67.4 cm³/mol. The second-order valence-electron chi connectivity index (χ2n) is 4.43. The van der Waals surface area contributed by atoms with Gasteiger partial charge in [0.1, 0.15) is 5.75 Å². The number of alkyl halides is 1. The van der Waals surface area contributed by atoms with Gasteiger partial charge < -0.3 is 10.4 Å². The molecule has 0 bridgehead atoms. The fourth-order valence-electron chi connectivity index (χ4n) is 2.21. The van der Waals surface area contributed by atoms with Crippen LogP contribution in [0.25, 0.3) is 0 Å². The van der Waals surface area contributed by atoms with Crippen LogP contribution in [0.5, 0.6) is 5.75 Å².